The SMILES string of the molecule is C=C(Br)C([O-])=Nc1ccc(S(=O)(=O)O)c(Nc2nc(Cl)nc(-c3ccc(S(=O)(=O)[O-])cc3)n2)c1.[Na+].[Na+]. The summed E-state index contributed by atoms with van der Waals surface area (Å²) in [5, 5.41) is 14.0. The van der Waals surface area contributed by atoms with E-state index in [4.69, 9.17) is 11.6 Å². The van der Waals surface area contributed by atoms with Crippen LogP contribution < -0.4 is 69.5 Å². The molecule has 0 unspecified atom stereocenters. The van der Waals surface area contributed by atoms with Crippen LogP contribution in [0.4, 0.5) is 17.3 Å². The number of aliphatic imine (C=N–C) groups is 1. The third-order valence-electron chi connectivity index (χ3n) is 3.96. The summed E-state index contributed by atoms with van der Waals surface area (Å²) in [6.07, 6.45) is 0. The molecule has 3 rings (SSSR count). The molecule has 0 fully saturated rings. The van der Waals surface area contributed by atoms with Crippen LogP contribution in [-0.4, -0.2) is 46.8 Å². The van der Waals surface area contributed by atoms with E-state index in [1.807, 2.05) is 0 Å². The smallest absolute Gasteiger partial charge is 0.858 e. The van der Waals surface area contributed by atoms with Gasteiger partial charge in [0.2, 0.25) is 11.2 Å². The van der Waals surface area contributed by atoms with E-state index >= 15 is 0 Å². The van der Waals surface area contributed by atoms with Gasteiger partial charge in [0.05, 0.1) is 16.3 Å². The molecule has 0 saturated carbocycles. The summed E-state index contributed by atoms with van der Waals surface area (Å²) in [6, 6.07) is 7.97. The molecular formula is C18H11BrClN5Na2O7S2. The zero-order valence-electron chi connectivity index (χ0n) is 18.5. The summed E-state index contributed by atoms with van der Waals surface area (Å²) in [5.74, 6) is -1.02. The van der Waals surface area contributed by atoms with Gasteiger partial charge in [-0.3, -0.25) is 9.55 Å². The predicted octanol–water partition coefficient (Wildman–Crippen LogP) is -3.61. The summed E-state index contributed by atoms with van der Waals surface area (Å²) in [6.45, 7) is 3.39. The Morgan fingerprint density at radius 2 is 1.67 bits per heavy atom. The second-order valence-electron chi connectivity index (χ2n) is 6.33. The van der Waals surface area contributed by atoms with Gasteiger partial charge in [-0.2, -0.15) is 23.4 Å². The van der Waals surface area contributed by atoms with Crippen molar-refractivity contribution in [2.45, 2.75) is 9.79 Å². The molecular weight excluding hydrogens is 624 g/mol. The maximum atomic E-state index is 11.8. The minimum absolute atomic E-state index is 0. The van der Waals surface area contributed by atoms with E-state index in [2.05, 4.69) is 47.8 Å². The van der Waals surface area contributed by atoms with E-state index in [1.165, 1.54) is 18.2 Å². The number of nitrogens with zero attached hydrogens (tertiary/aromatic N) is 4. The van der Waals surface area contributed by atoms with Gasteiger partial charge < -0.3 is 15.0 Å². The number of hydrogen-bond donors (Lipinski definition) is 2. The second-order valence-corrected chi connectivity index (χ2v) is 10.4. The quantitative estimate of drug-likeness (QED) is 0.113. The van der Waals surface area contributed by atoms with Crippen molar-refractivity contribution in [3.05, 3.63) is 58.8 Å². The largest absolute Gasteiger partial charge is 1.00 e. The van der Waals surface area contributed by atoms with Crippen molar-refractivity contribution >= 4 is 71.0 Å². The van der Waals surface area contributed by atoms with Gasteiger partial charge in [-0.05, 0) is 54.1 Å². The Hall–Kier alpha value is -0.950. The van der Waals surface area contributed by atoms with Crippen LogP contribution in [0.3, 0.4) is 0 Å². The van der Waals surface area contributed by atoms with Crippen LogP contribution in [0.5, 0.6) is 0 Å². The molecule has 36 heavy (non-hydrogen) atoms. The van der Waals surface area contributed by atoms with E-state index in [1.54, 1.807) is 0 Å². The Bertz CT molecular complexity index is 1540. The Kier molecular flexibility index (Phi) is 12.1. The molecule has 178 valence electrons. The molecule has 1 aromatic heterocycles. The van der Waals surface area contributed by atoms with Crippen molar-refractivity contribution in [1.29, 1.82) is 0 Å². The monoisotopic (exact) mass is 633 g/mol. The van der Waals surface area contributed by atoms with E-state index in [0.29, 0.717) is 0 Å². The average Bonchev–Trinajstić information content (AvgIpc) is 2.72. The molecule has 18 heteroatoms. The number of hydrogen-bond acceptors (Lipinski definition) is 11. The molecule has 0 bridgehead atoms. The molecule has 1 heterocycles. The van der Waals surface area contributed by atoms with Crippen LogP contribution in [0.1, 0.15) is 0 Å². The molecule has 0 atom stereocenters. The Morgan fingerprint density at radius 3 is 2.19 bits per heavy atom. The van der Waals surface area contributed by atoms with Crippen molar-refractivity contribution in [1.82, 2.24) is 15.0 Å². The standard InChI is InChI=1S/C18H13BrClN5O7S2.2Na/c1-9(19)16(26)21-11-4-7-14(34(30,31)32)13(8-11)22-18-24-15(23-17(20)25-18)10-2-5-12(6-3-10)33(27,28)29;;/h2-8H,1H2,(H,21,26)(H,27,28,29)(H,30,31,32)(H,22,23,24,25);;/q;2*+1/p-2. The molecule has 0 spiro atoms. The minimum atomic E-state index is -4.71. The Morgan fingerprint density at radius 1 is 1.06 bits per heavy atom. The van der Waals surface area contributed by atoms with Crippen LogP contribution in [0.15, 0.2) is 68.3 Å². The van der Waals surface area contributed by atoms with E-state index in [-0.39, 0.29) is 97.6 Å². The summed E-state index contributed by atoms with van der Waals surface area (Å²) < 4.78 is 66.4. The van der Waals surface area contributed by atoms with Crippen LogP contribution >= 0.6 is 27.5 Å². The second kappa shape index (κ2) is 13.2. The fourth-order valence-corrected chi connectivity index (χ4v) is 3.86. The molecule has 0 radical (unpaired) electrons. The van der Waals surface area contributed by atoms with E-state index in [9.17, 15) is 31.0 Å². The number of anilines is 2. The number of nitrogens with one attached hydrogen (secondary N) is 1. The fourth-order valence-electron chi connectivity index (χ4n) is 2.51. The number of rotatable bonds is 7. The molecule has 0 saturated heterocycles. The first-order valence-corrected chi connectivity index (χ1v) is 12.7. The van der Waals surface area contributed by atoms with Crippen LogP contribution in [0, 0.1) is 0 Å². The van der Waals surface area contributed by atoms with Crippen LogP contribution in [-0.2, 0) is 20.2 Å². The first kappa shape index (κ1) is 33.1. The summed E-state index contributed by atoms with van der Waals surface area (Å²) in [5.41, 5.74) is 0.0490. The van der Waals surface area contributed by atoms with Gasteiger partial charge in [0.25, 0.3) is 10.1 Å². The van der Waals surface area contributed by atoms with Crippen molar-refractivity contribution < 1.29 is 90.2 Å². The zero-order chi connectivity index (χ0) is 25.3. The molecule has 2 aromatic carbocycles. The maximum Gasteiger partial charge on any atom is 1.00 e. The summed E-state index contributed by atoms with van der Waals surface area (Å²) in [4.78, 5) is 14.6. The molecule has 3 aromatic rings. The topological polar surface area (TPSA) is 198 Å². The van der Waals surface area contributed by atoms with E-state index < -0.39 is 35.9 Å². The molecule has 2 N–H and O–H groups in total. The average molecular weight is 635 g/mol. The van der Waals surface area contributed by atoms with Gasteiger partial charge in [-0.25, -0.2) is 8.42 Å². The molecule has 0 aliphatic heterocycles. The van der Waals surface area contributed by atoms with Crippen molar-refractivity contribution in [2.75, 3.05) is 5.32 Å². The van der Waals surface area contributed by atoms with E-state index in [0.717, 1.165) is 24.3 Å². The van der Waals surface area contributed by atoms with Gasteiger partial charge >= 0.3 is 59.1 Å². The molecule has 0 aliphatic rings. The van der Waals surface area contributed by atoms with Gasteiger partial charge in [0, 0.05) is 15.9 Å². The molecule has 12 nitrogen and oxygen atoms in total. The number of benzene rings is 2. The molecule has 0 aliphatic carbocycles. The van der Waals surface area contributed by atoms with Crippen molar-refractivity contribution in [3.8, 4) is 11.4 Å². The van der Waals surface area contributed by atoms with Crippen molar-refractivity contribution in [3.63, 3.8) is 0 Å². The summed E-state index contributed by atoms with van der Waals surface area (Å²) in [7, 11) is -9.37. The first-order valence-electron chi connectivity index (χ1n) is 8.71. The Balaban J connectivity index is 0.00000324. The third kappa shape index (κ3) is 8.82. The minimum Gasteiger partial charge on any atom is -0.858 e. The normalized spacial score (nSPS) is 11.7. The van der Waals surface area contributed by atoms with Crippen LogP contribution in [0.2, 0.25) is 5.28 Å². The predicted molar refractivity (Wildman–Crippen MR) is 123 cm³/mol. The summed E-state index contributed by atoms with van der Waals surface area (Å²) >= 11 is 8.83. The fraction of sp³-hybridized carbons (Fsp3) is 0. The van der Waals surface area contributed by atoms with Gasteiger partial charge in [-0.1, -0.05) is 22.5 Å². The van der Waals surface area contributed by atoms with Gasteiger partial charge in [0.1, 0.15) is 15.0 Å². The number of aromatic nitrogens is 3. The Labute approximate surface area is 263 Å². The third-order valence-corrected chi connectivity index (χ3v) is 6.23. The maximum absolute atomic E-state index is 11.8. The first-order chi connectivity index (χ1) is 15.7. The zero-order valence-corrected chi connectivity index (χ0v) is 26.5. The van der Waals surface area contributed by atoms with Gasteiger partial charge in [-0.15, -0.1) is 0 Å². The number of halogens is 2. The van der Waals surface area contributed by atoms with Crippen LogP contribution in [0.25, 0.3) is 11.4 Å². The van der Waals surface area contributed by atoms with Crippen molar-refractivity contribution in [2.24, 2.45) is 4.99 Å². The van der Waals surface area contributed by atoms with Gasteiger partial charge in [0.15, 0.2) is 5.82 Å². The molecule has 0 amide bonds.